The lowest BCUT2D eigenvalue weighted by Gasteiger charge is -2.42. The van der Waals surface area contributed by atoms with Gasteiger partial charge in [0.25, 0.3) is 0 Å². The summed E-state index contributed by atoms with van der Waals surface area (Å²) in [5.74, 6) is -0.133. The maximum Gasteiger partial charge on any atom is 0.192 e. The summed E-state index contributed by atoms with van der Waals surface area (Å²) >= 11 is 0. The van der Waals surface area contributed by atoms with E-state index in [0.29, 0.717) is 13.2 Å². The summed E-state index contributed by atoms with van der Waals surface area (Å²) in [5, 5.41) is 0. The van der Waals surface area contributed by atoms with Crippen LogP contribution in [0.1, 0.15) is 47.1 Å². The van der Waals surface area contributed by atoms with Gasteiger partial charge in [0, 0.05) is 11.3 Å². The van der Waals surface area contributed by atoms with Crippen molar-refractivity contribution in [2.24, 2.45) is 11.3 Å². The van der Waals surface area contributed by atoms with Crippen LogP contribution in [-0.2, 0) is 20.6 Å². The van der Waals surface area contributed by atoms with E-state index in [0.717, 1.165) is 24.4 Å². The van der Waals surface area contributed by atoms with Crippen LogP contribution in [0.15, 0.2) is 30.3 Å². The van der Waals surface area contributed by atoms with Gasteiger partial charge in [-0.15, -0.1) is 0 Å². The van der Waals surface area contributed by atoms with E-state index < -0.39 is 8.32 Å². The Morgan fingerprint density at radius 2 is 1.64 bits per heavy atom. The minimum absolute atomic E-state index is 0.104. The first kappa shape index (κ1) is 22.1. The summed E-state index contributed by atoms with van der Waals surface area (Å²) in [7, 11) is -1.79. The summed E-state index contributed by atoms with van der Waals surface area (Å²) in [6.45, 7) is 14.1. The van der Waals surface area contributed by atoms with Crippen molar-refractivity contribution in [3.05, 3.63) is 35.9 Å². The second-order valence-electron chi connectivity index (χ2n) is 7.74. The van der Waals surface area contributed by atoms with Crippen LogP contribution in [0.4, 0.5) is 0 Å². The number of rotatable bonds is 12. The Kier molecular flexibility index (Phi) is 9.04. The molecule has 0 N–H and O–H groups in total. The first-order valence-electron chi connectivity index (χ1n) is 9.59. The number of ether oxygens (including phenoxy) is 1. The molecule has 1 rings (SSSR count). The largest absolute Gasteiger partial charge is 0.413 e. The molecule has 0 amide bonds. The molecule has 0 saturated heterocycles. The van der Waals surface area contributed by atoms with E-state index in [2.05, 4.69) is 46.8 Å². The van der Waals surface area contributed by atoms with E-state index in [-0.39, 0.29) is 17.4 Å². The number of carbonyl (C=O) groups is 1. The number of aldehydes is 1. The van der Waals surface area contributed by atoms with E-state index in [1.54, 1.807) is 0 Å². The third kappa shape index (κ3) is 6.35. The molecule has 0 unspecified atom stereocenters. The maximum absolute atomic E-state index is 11.5. The highest BCUT2D eigenvalue weighted by Gasteiger charge is 2.41. The first-order valence-corrected chi connectivity index (χ1v) is 12.1. The van der Waals surface area contributed by atoms with E-state index in [4.69, 9.17) is 9.16 Å². The molecule has 4 heteroatoms. The molecule has 0 radical (unpaired) electrons. The van der Waals surface area contributed by atoms with Gasteiger partial charge >= 0.3 is 0 Å². The second kappa shape index (κ2) is 10.2. The molecule has 0 aliphatic rings. The molecule has 0 saturated carbocycles. The van der Waals surface area contributed by atoms with Crippen LogP contribution in [0.2, 0.25) is 18.1 Å². The summed E-state index contributed by atoms with van der Waals surface area (Å²) in [6, 6.07) is 13.4. The smallest absolute Gasteiger partial charge is 0.192 e. The van der Waals surface area contributed by atoms with Crippen molar-refractivity contribution >= 4 is 14.6 Å². The molecular formula is C21H36O3Si. The summed E-state index contributed by atoms with van der Waals surface area (Å²) < 4.78 is 12.7. The highest BCUT2D eigenvalue weighted by molar-refractivity contribution is 6.73. The number of benzene rings is 1. The predicted octanol–water partition coefficient (Wildman–Crippen LogP) is 5.45. The lowest BCUT2D eigenvalue weighted by Crippen LogP contribution is -2.49. The molecule has 3 nitrogen and oxygen atoms in total. The first-order chi connectivity index (χ1) is 11.8. The van der Waals surface area contributed by atoms with Crippen LogP contribution in [0, 0.1) is 11.3 Å². The SMILES string of the molecule is CC[Si](CC)(CC)O[C@H]([C@H](C)C=O)C(C)(C)COCc1ccccc1. The summed E-state index contributed by atoms with van der Waals surface area (Å²) in [4.78, 5) is 11.5. The minimum atomic E-state index is -1.79. The van der Waals surface area contributed by atoms with Crippen LogP contribution in [-0.4, -0.2) is 27.3 Å². The fraction of sp³-hybridized carbons (Fsp3) is 0.667. The summed E-state index contributed by atoms with van der Waals surface area (Å²) in [5.41, 5.74) is 0.950. The molecule has 0 aromatic heterocycles. The Morgan fingerprint density at radius 3 is 2.12 bits per heavy atom. The fourth-order valence-electron chi connectivity index (χ4n) is 3.41. The topological polar surface area (TPSA) is 35.5 Å². The summed E-state index contributed by atoms with van der Waals surface area (Å²) in [6.07, 6.45) is 0.927. The van der Waals surface area contributed by atoms with Crippen LogP contribution in [0.5, 0.6) is 0 Å². The van der Waals surface area contributed by atoms with Crippen molar-refractivity contribution in [3.63, 3.8) is 0 Å². The molecule has 0 aliphatic heterocycles. The molecule has 1 aromatic carbocycles. The Balaban J connectivity index is 2.82. The number of hydrogen-bond acceptors (Lipinski definition) is 3. The highest BCUT2D eigenvalue weighted by atomic mass is 28.4. The Morgan fingerprint density at radius 1 is 1.08 bits per heavy atom. The van der Waals surface area contributed by atoms with Gasteiger partial charge in [-0.25, -0.2) is 0 Å². The van der Waals surface area contributed by atoms with Crippen molar-refractivity contribution in [2.75, 3.05) is 6.61 Å². The highest BCUT2D eigenvalue weighted by Crippen LogP contribution is 2.35. The molecule has 1 aromatic rings. The molecule has 0 bridgehead atoms. The third-order valence-electron chi connectivity index (χ3n) is 5.36. The van der Waals surface area contributed by atoms with Gasteiger partial charge in [0.1, 0.15) is 6.29 Å². The van der Waals surface area contributed by atoms with Gasteiger partial charge in [-0.2, -0.15) is 0 Å². The number of hydrogen-bond donors (Lipinski definition) is 0. The van der Waals surface area contributed by atoms with E-state index in [1.807, 2.05) is 25.1 Å². The third-order valence-corrected chi connectivity index (χ3v) is 9.98. The van der Waals surface area contributed by atoms with E-state index >= 15 is 0 Å². The maximum atomic E-state index is 11.5. The van der Waals surface area contributed by atoms with Crippen molar-refractivity contribution in [1.29, 1.82) is 0 Å². The predicted molar refractivity (Wildman–Crippen MR) is 107 cm³/mol. The van der Waals surface area contributed by atoms with Crippen molar-refractivity contribution < 1.29 is 14.0 Å². The molecule has 25 heavy (non-hydrogen) atoms. The normalized spacial score (nSPS) is 15.0. The van der Waals surface area contributed by atoms with Gasteiger partial charge < -0.3 is 14.0 Å². The van der Waals surface area contributed by atoms with Gasteiger partial charge in [-0.3, -0.25) is 0 Å². The van der Waals surface area contributed by atoms with Gasteiger partial charge in [-0.1, -0.05) is 71.9 Å². The molecule has 0 spiro atoms. The Bertz CT molecular complexity index is 489. The van der Waals surface area contributed by atoms with Crippen LogP contribution >= 0.6 is 0 Å². The number of carbonyl (C=O) groups excluding carboxylic acids is 1. The molecule has 0 fully saturated rings. The van der Waals surface area contributed by atoms with Gasteiger partial charge in [-0.05, 0) is 23.7 Å². The Labute approximate surface area is 155 Å². The minimum Gasteiger partial charge on any atom is -0.413 e. The zero-order valence-electron chi connectivity index (χ0n) is 16.9. The van der Waals surface area contributed by atoms with Crippen molar-refractivity contribution in [3.8, 4) is 0 Å². The standard InChI is InChI=1S/C21H36O3Si/c1-7-25(8-2,9-3)24-20(18(4)15-22)21(5,6)17-23-16-19-13-11-10-12-14-19/h10-15,18,20H,7-9,16-17H2,1-6H3/t18-,20-/m1/s1. The van der Waals surface area contributed by atoms with Crippen LogP contribution < -0.4 is 0 Å². The van der Waals surface area contributed by atoms with Crippen molar-refractivity contribution in [1.82, 2.24) is 0 Å². The second-order valence-corrected chi connectivity index (χ2v) is 12.5. The molecule has 142 valence electrons. The molecule has 0 heterocycles. The van der Waals surface area contributed by atoms with Gasteiger partial charge in [0.2, 0.25) is 0 Å². The average molecular weight is 365 g/mol. The van der Waals surface area contributed by atoms with Gasteiger partial charge in [0.15, 0.2) is 8.32 Å². The Hall–Kier alpha value is -0.973. The van der Waals surface area contributed by atoms with E-state index in [9.17, 15) is 4.79 Å². The molecule has 0 aliphatic carbocycles. The zero-order valence-corrected chi connectivity index (χ0v) is 17.9. The van der Waals surface area contributed by atoms with Crippen molar-refractivity contribution in [2.45, 2.75) is 72.4 Å². The fourth-order valence-corrected chi connectivity index (χ4v) is 6.48. The lowest BCUT2D eigenvalue weighted by molar-refractivity contribution is -0.118. The zero-order chi connectivity index (χ0) is 18.9. The van der Waals surface area contributed by atoms with Crippen LogP contribution in [0.25, 0.3) is 0 Å². The molecule has 2 atom stereocenters. The lowest BCUT2D eigenvalue weighted by atomic mass is 9.81. The van der Waals surface area contributed by atoms with Crippen LogP contribution in [0.3, 0.4) is 0 Å². The van der Waals surface area contributed by atoms with E-state index in [1.165, 1.54) is 5.56 Å². The monoisotopic (exact) mass is 364 g/mol. The molecular weight excluding hydrogens is 328 g/mol. The quantitative estimate of drug-likeness (QED) is 0.365. The average Bonchev–Trinajstić information content (AvgIpc) is 2.63. The van der Waals surface area contributed by atoms with Gasteiger partial charge in [0.05, 0.1) is 19.3 Å².